The van der Waals surface area contributed by atoms with Crippen molar-refractivity contribution in [3.05, 3.63) is 66.1 Å². The first-order valence-corrected chi connectivity index (χ1v) is 12.5. The van der Waals surface area contributed by atoms with Crippen molar-refractivity contribution < 1.29 is 14.3 Å². The highest BCUT2D eigenvalue weighted by atomic mass is 16.5. The molecule has 8 heteroatoms. The van der Waals surface area contributed by atoms with Gasteiger partial charge in [0, 0.05) is 6.54 Å². The van der Waals surface area contributed by atoms with Gasteiger partial charge in [-0.25, -0.2) is 9.78 Å². The Hall–Kier alpha value is -3.65. The number of imidazole rings is 1. The Morgan fingerprint density at radius 2 is 1.75 bits per heavy atom. The number of likely N-dealkylation sites (tertiary alicyclic amines) is 1. The Morgan fingerprint density at radius 3 is 2.36 bits per heavy atom. The minimum atomic E-state index is -0.649. The lowest BCUT2D eigenvalue weighted by molar-refractivity contribution is -0.135. The van der Waals surface area contributed by atoms with Gasteiger partial charge in [-0.05, 0) is 54.0 Å². The number of benzene rings is 2. The van der Waals surface area contributed by atoms with Crippen molar-refractivity contribution in [1.82, 2.24) is 20.2 Å². The minimum absolute atomic E-state index is 0.0691. The molecule has 0 spiro atoms. The van der Waals surface area contributed by atoms with Crippen LogP contribution >= 0.6 is 0 Å². The zero-order valence-corrected chi connectivity index (χ0v) is 21.2. The quantitative estimate of drug-likeness (QED) is 0.437. The van der Waals surface area contributed by atoms with Crippen molar-refractivity contribution in [3.63, 3.8) is 0 Å². The fourth-order valence-corrected chi connectivity index (χ4v) is 4.72. The summed E-state index contributed by atoms with van der Waals surface area (Å²) in [6.45, 7) is 5.10. The SMILES string of the molecule is COC(=O)NC(C(=O)N1CCCC1c1ncc(-c2ccc(-c3ccc(CCN)cc3)cc2)[nH]1)C(C)C. The van der Waals surface area contributed by atoms with E-state index in [-0.39, 0.29) is 17.9 Å². The summed E-state index contributed by atoms with van der Waals surface area (Å²) in [6, 6.07) is 16.0. The van der Waals surface area contributed by atoms with E-state index in [9.17, 15) is 9.59 Å². The van der Waals surface area contributed by atoms with Crippen molar-refractivity contribution in [2.75, 3.05) is 20.2 Å². The van der Waals surface area contributed by atoms with Crippen LogP contribution in [0.15, 0.2) is 54.7 Å². The van der Waals surface area contributed by atoms with Gasteiger partial charge in [-0.1, -0.05) is 62.4 Å². The maximum Gasteiger partial charge on any atom is 0.407 e. The third-order valence-electron chi connectivity index (χ3n) is 6.75. The molecular weight excluding hydrogens is 454 g/mol. The third kappa shape index (κ3) is 5.60. The van der Waals surface area contributed by atoms with E-state index in [1.807, 2.05) is 24.9 Å². The van der Waals surface area contributed by atoms with Gasteiger partial charge in [0.2, 0.25) is 5.91 Å². The van der Waals surface area contributed by atoms with Gasteiger partial charge in [-0.15, -0.1) is 0 Å². The van der Waals surface area contributed by atoms with E-state index in [4.69, 9.17) is 10.5 Å². The summed E-state index contributed by atoms with van der Waals surface area (Å²) < 4.78 is 4.72. The molecule has 0 radical (unpaired) electrons. The Bertz CT molecular complexity index is 1170. The molecule has 1 aromatic heterocycles. The number of aromatic amines is 1. The molecule has 1 aliphatic heterocycles. The van der Waals surface area contributed by atoms with Gasteiger partial charge in [0.1, 0.15) is 11.9 Å². The topological polar surface area (TPSA) is 113 Å². The van der Waals surface area contributed by atoms with Crippen molar-refractivity contribution in [3.8, 4) is 22.4 Å². The number of hydrogen-bond acceptors (Lipinski definition) is 5. The fraction of sp³-hybridized carbons (Fsp3) is 0.393. The van der Waals surface area contributed by atoms with Gasteiger partial charge < -0.3 is 25.7 Å². The van der Waals surface area contributed by atoms with Gasteiger partial charge in [0.15, 0.2) is 0 Å². The molecule has 2 heterocycles. The lowest BCUT2D eigenvalue weighted by Crippen LogP contribution is -2.51. The number of aromatic nitrogens is 2. The number of hydrogen-bond donors (Lipinski definition) is 3. The first-order valence-electron chi connectivity index (χ1n) is 12.5. The normalized spacial score (nSPS) is 16.2. The van der Waals surface area contributed by atoms with Gasteiger partial charge in [-0.3, -0.25) is 4.79 Å². The van der Waals surface area contributed by atoms with Crippen molar-refractivity contribution in [2.24, 2.45) is 11.7 Å². The molecule has 36 heavy (non-hydrogen) atoms. The third-order valence-corrected chi connectivity index (χ3v) is 6.75. The van der Waals surface area contributed by atoms with Crippen LogP contribution < -0.4 is 11.1 Å². The van der Waals surface area contributed by atoms with Crippen LogP contribution in [-0.2, 0) is 16.0 Å². The first-order chi connectivity index (χ1) is 17.4. The van der Waals surface area contributed by atoms with E-state index in [0.29, 0.717) is 13.1 Å². The zero-order chi connectivity index (χ0) is 25.7. The van der Waals surface area contributed by atoms with E-state index in [1.165, 1.54) is 12.7 Å². The van der Waals surface area contributed by atoms with E-state index < -0.39 is 12.1 Å². The lowest BCUT2D eigenvalue weighted by atomic mass is 10.0. The molecule has 190 valence electrons. The molecule has 8 nitrogen and oxygen atoms in total. The first kappa shape index (κ1) is 25.4. The van der Waals surface area contributed by atoms with Crippen LogP contribution in [-0.4, -0.2) is 53.1 Å². The van der Waals surface area contributed by atoms with Crippen LogP contribution in [0, 0.1) is 5.92 Å². The summed E-state index contributed by atoms with van der Waals surface area (Å²) >= 11 is 0. The molecule has 0 aliphatic carbocycles. The molecule has 2 unspecified atom stereocenters. The molecular formula is C28H35N5O3. The van der Waals surface area contributed by atoms with Crippen molar-refractivity contribution in [2.45, 2.75) is 45.2 Å². The number of H-pyrrole nitrogens is 1. The van der Waals surface area contributed by atoms with Crippen molar-refractivity contribution in [1.29, 1.82) is 0 Å². The summed E-state index contributed by atoms with van der Waals surface area (Å²) in [4.78, 5) is 35.0. The van der Waals surface area contributed by atoms with E-state index >= 15 is 0 Å². The Balaban J connectivity index is 1.48. The van der Waals surface area contributed by atoms with Gasteiger partial charge >= 0.3 is 6.09 Å². The highest BCUT2D eigenvalue weighted by Crippen LogP contribution is 2.33. The molecule has 2 atom stereocenters. The second-order valence-corrected chi connectivity index (χ2v) is 9.54. The summed E-state index contributed by atoms with van der Waals surface area (Å²) in [6.07, 6.45) is 3.80. The number of nitrogens with one attached hydrogen (secondary N) is 2. The van der Waals surface area contributed by atoms with Crippen LogP contribution in [0.5, 0.6) is 0 Å². The van der Waals surface area contributed by atoms with Gasteiger partial charge in [0.25, 0.3) is 0 Å². The van der Waals surface area contributed by atoms with Crippen LogP contribution in [0.3, 0.4) is 0 Å². The van der Waals surface area contributed by atoms with E-state index in [2.05, 4.69) is 63.8 Å². The highest BCUT2D eigenvalue weighted by molar-refractivity contribution is 5.86. The van der Waals surface area contributed by atoms with E-state index in [0.717, 1.165) is 47.5 Å². The average molecular weight is 490 g/mol. The Labute approximate surface area is 212 Å². The number of ether oxygens (including phenoxy) is 1. The number of amides is 2. The number of nitrogens with two attached hydrogens (primary N) is 1. The monoisotopic (exact) mass is 489 g/mol. The largest absolute Gasteiger partial charge is 0.453 e. The van der Waals surface area contributed by atoms with Crippen molar-refractivity contribution >= 4 is 12.0 Å². The number of carbonyl (C=O) groups excluding carboxylic acids is 2. The second-order valence-electron chi connectivity index (χ2n) is 9.54. The maximum absolute atomic E-state index is 13.3. The predicted molar refractivity (Wildman–Crippen MR) is 140 cm³/mol. The van der Waals surface area contributed by atoms with Gasteiger partial charge in [0.05, 0.1) is 25.0 Å². The minimum Gasteiger partial charge on any atom is -0.453 e. The van der Waals surface area contributed by atoms with Crippen LogP contribution in [0.25, 0.3) is 22.4 Å². The predicted octanol–water partition coefficient (Wildman–Crippen LogP) is 4.29. The van der Waals surface area contributed by atoms with Crippen LogP contribution in [0.4, 0.5) is 4.79 Å². The Morgan fingerprint density at radius 1 is 1.11 bits per heavy atom. The summed E-state index contributed by atoms with van der Waals surface area (Å²) in [5.41, 5.74) is 11.1. The summed E-state index contributed by atoms with van der Waals surface area (Å²) in [5.74, 6) is 0.578. The van der Waals surface area contributed by atoms with Crippen LogP contribution in [0.1, 0.15) is 44.1 Å². The highest BCUT2D eigenvalue weighted by Gasteiger charge is 2.37. The second kappa shape index (κ2) is 11.4. The molecule has 2 amide bonds. The van der Waals surface area contributed by atoms with E-state index in [1.54, 1.807) is 0 Å². The molecule has 4 rings (SSSR count). The number of nitrogens with zero attached hydrogens (tertiary/aromatic N) is 2. The molecule has 0 saturated carbocycles. The zero-order valence-electron chi connectivity index (χ0n) is 21.2. The standard InChI is InChI=1S/C28H35N5O3/c1-18(2)25(32-28(35)36-3)27(34)33-16-4-5-24(33)26-30-17-23(31-26)22-12-10-21(11-13-22)20-8-6-19(7-9-20)14-15-29/h6-13,17-18,24-25H,4-5,14-16,29H2,1-3H3,(H,30,31)(H,32,35). The number of methoxy groups -OCH3 is 1. The average Bonchev–Trinajstić information content (AvgIpc) is 3.57. The Kier molecular flexibility index (Phi) is 8.05. The van der Waals surface area contributed by atoms with Crippen LogP contribution in [0.2, 0.25) is 0 Å². The fourth-order valence-electron chi connectivity index (χ4n) is 4.72. The number of alkyl carbamates (subject to hydrolysis) is 1. The molecule has 3 aromatic rings. The molecule has 1 saturated heterocycles. The molecule has 1 fully saturated rings. The smallest absolute Gasteiger partial charge is 0.407 e. The number of rotatable bonds is 8. The number of carbonyl (C=O) groups is 2. The molecule has 0 bridgehead atoms. The summed E-state index contributed by atoms with van der Waals surface area (Å²) in [5, 5.41) is 2.69. The molecule has 4 N–H and O–H groups in total. The lowest BCUT2D eigenvalue weighted by Gasteiger charge is -2.30. The molecule has 2 aromatic carbocycles. The molecule has 1 aliphatic rings. The van der Waals surface area contributed by atoms with Gasteiger partial charge in [-0.2, -0.15) is 0 Å². The maximum atomic E-state index is 13.3. The summed E-state index contributed by atoms with van der Waals surface area (Å²) in [7, 11) is 1.30.